The Morgan fingerprint density at radius 2 is 1.52 bits per heavy atom. The minimum atomic E-state index is -1.11. The highest BCUT2D eigenvalue weighted by atomic mass is 16.4. The monoisotopic (exact) mass is 294 g/mol. The van der Waals surface area contributed by atoms with Crippen molar-refractivity contribution >= 4 is 11.9 Å². The van der Waals surface area contributed by atoms with Crippen molar-refractivity contribution in [2.45, 2.75) is 26.2 Å². The van der Waals surface area contributed by atoms with E-state index in [-0.39, 0.29) is 16.7 Å². The van der Waals surface area contributed by atoms with Crippen molar-refractivity contribution in [3.05, 3.63) is 39.8 Å². The minimum absolute atomic E-state index is 0.0277. The molecule has 1 heterocycles. The molecule has 1 aliphatic rings. The Kier molecular flexibility index (Phi) is 6.32. The molecule has 7 heteroatoms. The van der Waals surface area contributed by atoms with Gasteiger partial charge in [0.05, 0.1) is 16.4 Å². The first-order valence-corrected chi connectivity index (χ1v) is 6.61. The second-order valence-electron chi connectivity index (χ2n) is 4.68. The predicted octanol–water partition coefficient (Wildman–Crippen LogP) is 2.55. The van der Waals surface area contributed by atoms with Gasteiger partial charge in [0.2, 0.25) is 0 Å². The lowest BCUT2D eigenvalue weighted by Gasteiger charge is -2.19. The molecular weight excluding hydrogens is 276 g/mol. The summed E-state index contributed by atoms with van der Waals surface area (Å²) in [6.45, 7) is 3.21. The van der Waals surface area contributed by atoms with Crippen LogP contribution in [0.2, 0.25) is 0 Å². The number of piperidine rings is 1. The largest absolute Gasteiger partial charge is 0.478 e. The summed E-state index contributed by atoms with van der Waals surface area (Å²) in [5.41, 5.74) is 0.335. The van der Waals surface area contributed by atoms with E-state index in [0.717, 1.165) is 25.9 Å². The van der Waals surface area contributed by atoms with Crippen LogP contribution in [0, 0.1) is 11.8 Å². The van der Waals surface area contributed by atoms with Gasteiger partial charge in [-0.2, -0.15) is 0 Å². The Hall–Kier alpha value is -2.44. The van der Waals surface area contributed by atoms with Crippen molar-refractivity contribution in [1.82, 2.24) is 5.01 Å². The van der Waals surface area contributed by atoms with Crippen molar-refractivity contribution in [2.24, 2.45) is 5.29 Å². The Morgan fingerprint density at radius 3 is 1.86 bits per heavy atom. The van der Waals surface area contributed by atoms with Crippen molar-refractivity contribution in [2.75, 3.05) is 13.1 Å². The second-order valence-corrected chi connectivity index (χ2v) is 4.68. The molecule has 0 spiro atoms. The van der Waals surface area contributed by atoms with Crippen LogP contribution in [0.5, 0.6) is 0 Å². The number of benzene rings is 1. The van der Waals surface area contributed by atoms with E-state index < -0.39 is 11.9 Å². The molecule has 114 valence electrons. The number of hydrogen-bond donors (Lipinski definition) is 2. The van der Waals surface area contributed by atoms with Gasteiger partial charge in [-0.05, 0) is 43.9 Å². The maximum Gasteiger partial charge on any atom is 0.335 e. The predicted molar refractivity (Wildman–Crippen MR) is 76.3 cm³/mol. The zero-order valence-corrected chi connectivity index (χ0v) is 11.8. The molecule has 0 amide bonds. The van der Waals surface area contributed by atoms with Gasteiger partial charge in [-0.15, -0.1) is 4.91 Å². The molecule has 1 aliphatic heterocycles. The molecule has 0 unspecified atom stereocenters. The molecule has 1 aromatic rings. The average Bonchev–Trinajstić information content (AvgIpc) is 2.48. The maximum absolute atomic E-state index is 10.6. The van der Waals surface area contributed by atoms with Crippen LogP contribution in [0.25, 0.3) is 0 Å². The Labute approximate surface area is 122 Å². The summed E-state index contributed by atoms with van der Waals surface area (Å²) < 4.78 is 0. The number of hydrogen-bond acceptors (Lipinski definition) is 4. The third-order valence-corrected chi connectivity index (χ3v) is 3.24. The van der Waals surface area contributed by atoms with Gasteiger partial charge in [0.25, 0.3) is 0 Å². The van der Waals surface area contributed by atoms with Crippen molar-refractivity contribution < 1.29 is 19.8 Å². The van der Waals surface area contributed by atoms with Crippen LogP contribution in [0.3, 0.4) is 0 Å². The van der Waals surface area contributed by atoms with Gasteiger partial charge in [-0.1, -0.05) is 6.07 Å². The van der Waals surface area contributed by atoms with E-state index in [0.29, 0.717) is 0 Å². The Balaban J connectivity index is 0.000000235. The molecule has 2 N–H and O–H groups in total. The smallest absolute Gasteiger partial charge is 0.335 e. The summed E-state index contributed by atoms with van der Waals surface area (Å²) >= 11 is 0. The molecule has 0 radical (unpaired) electrons. The number of carboxylic acid groups (broad SMARTS) is 2. The third-order valence-electron chi connectivity index (χ3n) is 3.24. The number of nitrogens with zero attached hydrogens (tertiary/aromatic N) is 2. The summed E-state index contributed by atoms with van der Waals surface area (Å²) in [6.07, 6.45) is 3.52. The SMILES string of the molecule is Cc1c(C(=O)O)cccc1C(=O)O.O=NN1CCCCC1. The third kappa shape index (κ3) is 4.87. The van der Waals surface area contributed by atoms with E-state index >= 15 is 0 Å². The van der Waals surface area contributed by atoms with E-state index in [2.05, 4.69) is 5.29 Å². The molecule has 0 aliphatic carbocycles. The molecule has 1 saturated heterocycles. The van der Waals surface area contributed by atoms with E-state index in [1.54, 1.807) is 5.01 Å². The molecule has 0 saturated carbocycles. The molecule has 0 aromatic heterocycles. The first-order valence-electron chi connectivity index (χ1n) is 6.61. The van der Waals surface area contributed by atoms with E-state index in [1.807, 2.05) is 0 Å². The fraction of sp³-hybridized carbons (Fsp3) is 0.429. The number of rotatable bonds is 3. The van der Waals surface area contributed by atoms with Gasteiger partial charge in [0.15, 0.2) is 0 Å². The van der Waals surface area contributed by atoms with Crippen molar-refractivity contribution in [3.8, 4) is 0 Å². The van der Waals surface area contributed by atoms with Gasteiger partial charge in [0, 0.05) is 13.1 Å². The van der Waals surface area contributed by atoms with Gasteiger partial charge in [-0.25, -0.2) is 9.59 Å². The summed E-state index contributed by atoms with van der Waals surface area (Å²) in [5, 5.41) is 21.8. The van der Waals surface area contributed by atoms with Crippen LogP contribution in [0.15, 0.2) is 23.5 Å². The molecule has 2 rings (SSSR count). The van der Waals surface area contributed by atoms with Crippen LogP contribution in [0.4, 0.5) is 0 Å². The Morgan fingerprint density at radius 1 is 1.05 bits per heavy atom. The van der Waals surface area contributed by atoms with Crippen LogP contribution >= 0.6 is 0 Å². The van der Waals surface area contributed by atoms with Crippen LogP contribution in [0.1, 0.15) is 45.5 Å². The molecule has 21 heavy (non-hydrogen) atoms. The van der Waals surface area contributed by atoms with Crippen LogP contribution < -0.4 is 0 Å². The standard InChI is InChI=1S/C9H8O4.C5H10N2O/c1-5-6(8(10)11)3-2-4-7(5)9(12)13;8-6-7-4-2-1-3-5-7/h2-4H,1H3,(H,10,11)(H,12,13);1-5H2. The number of nitroso groups, excluding NO2 is 1. The van der Waals surface area contributed by atoms with Crippen molar-refractivity contribution in [3.63, 3.8) is 0 Å². The molecule has 1 aromatic carbocycles. The van der Waals surface area contributed by atoms with Gasteiger partial charge < -0.3 is 10.2 Å². The zero-order valence-electron chi connectivity index (χ0n) is 11.8. The van der Waals surface area contributed by atoms with Gasteiger partial charge in [0.1, 0.15) is 0 Å². The number of carbonyl (C=O) groups is 2. The molecule has 7 nitrogen and oxygen atoms in total. The van der Waals surface area contributed by atoms with E-state index in [4.69, 9.17) is 10.2 Å². The fourth-order valence-corrected chi connectivity index (χ4v) is 2.06. The lowest BCUT2D eigenvalue weighted by molar-refractivity contribution is 0.0696. The number of aromatic carboxylic acids is 2. The lowest BCUT2D eigenvalue weighted by Crippen LogP contribution is -2.23. The quantitative estimate of drug-likeness (QED) is 0.829. The van der Waals surface area contributed by atoms with Gasteiger partial charge in [-0.3, -0.25) is 5.01 Å². The number of carboxylic acids is 2. The summed E-state index contributed by atoms with van der Waals surface area (Å²) in [6, 6.07) is 4.17. The molecular formula is C14H18N2O5. The highest BCUT2D eigenvalue weighted by Crippen LogP contribution is 2.13. The first-order chi connectivity index (χ1) is 9.97. The molecule has 0 bridgehead atoms. The van der Waals surface area contributed by atoms with E-state index in [9.17, 15) is 14.5 Å². The summed E-state index contributed by atoms with van der Waals surface area (Å²) in [4.78, 5) is 31.0. The van der Waals surface area contributed by atoms with Crippen LogP contribution in [-0.4, -0.2) is 40.3 Å². The van der Waals surface area contributed by atoms with Crippen LogP contribution in [-0.2, 0) is 0 Å². The molecule has 1 fully saturated rings. The molecule has 0 atom stereocenters. The highest BCUT2D eigenvalue weighted by Gasteiger charge is 2.13. The van der Waals surface area contributed by atoms with E-state index in [1.165, 1.54) is 31.5 Å². The highest BCUT2D eigenvalue weighted by molar-refractivity contribution is 5.96. The minimum Gasteiger partial charge on any atom is -0.478 e. The first kappa shape index (κ1) is 16.6. The average molecular weight is 294 g/mol. The van der Waals surface area contributed by atoms with Crippen molar-refractivity contribution in [1.29, 1.82) is 0 Å². The lowest BCUT2D eigenvalue weighted by atomic mass is 10.0. The Bertz CT molecular complexity index is 492. The zero-order chi connectivity index (χ0) is 15.8. The maximum atomic E-state index is 10.6. The topological polar surface area (TPSA) is 107 Å². The second kappa shape index (κ2) is 7.98. The fourth-order valence-electron chi connectivity index (χ4n) is 2.06. The normalized spacial score (nSPS) is 13.9. The van der Waals surface area contributed by atoms with Gasteiger partial charge >= 0.3 is 11.9 Å². The summed E-state index contributed by atoms with van der Waals surface area (Å²) in [7, 11) is 0. The summed E-state index contributed by atoms with van der Waals surface area (Å²) in [5.74, 6) is -2.22.